The first kappa shape index (κ1) is 32.6. The van der Waals surface area contributed by atoms with Crippen molar-refractivity contribution in [2.24, 2.45) is 0 Å². The fraction of sp³-hybridized carbons (Fsp3) is 0.417. The molecule has 248 valence electrons. The van der Waals surface area contributed by atoms with E-state index in [0.29, 0.717) is 35.9 Å². The molecule has 47 heavy (non-hydrogen) atoms. The third-order valence-corrected chi connectivity index (χ3v) is 11.2. The van der Waals surface area contributed by atoms with Crippen LogP contribution in [-0.4, -0.2) is 53.5 Å². The Kier molecular flexibility index (Phi) is 9.02. The molecule has 10 nitrogen and oxygen atoms in total. The molecule has 1 unspecified atom stereocenters. The quantitative estimate of drug-likeness (QED) is 0.184. The lowest BCUT2D eigenvalue weighted by Crippen LogP contribution is -2.35. The van der Waals surface area contributed by atoms with Crippen molar-refractivity contribution < 1.29 is 27.5 Å². The molecule has 2 aromatic heterocycles. The van der Waals surface area contributed by atoms with Gasteiger partial charge in [0.05, 0.1) is 42.6 Å². The Labute approximate surface area is 275 Å². The summed E-state index contributed by atoms with van der Waals surface area (Å²) in [6.07, 6.45) is 9.58. The molecule has 1 saturated carbocycles. The lowest BCUT2D eigenvalue weighted by molar-refractivity contribution is 0.0334. The van der Waals surface area contributed by atoms with Crippen LogP contribution in [0.1, 0.15) is 110 Å². The summed E-state index contributed by atoms with van der Waals surface area (Å²) in [5, 5.41) is 7.57. The Bertz CT molecular complexity index is 1980. The average molecular weight is 659 g/mol. The normalized spacial score (nSPS) is 15.8. The predicted molar refractivity (Wildman–Crippen MR) is 183 cm³/mol. The van der Waals surface area contributed by atoms with Crippen molar-refractivity contribution in [3.05, 3.63) is 70.5 Å². The van der Waals surface area contributed by atoms with Gasteiger partial charge in [0.2, 0.25) is 10.0 Å². The lowest BCUT2D eigenvalue weighted by atomic mass is 9.81. The number of sulfonamides is 1. The largest absolute Gasteiger partial charge is 0.497 e. The number of aromatic nitrogens is 3. The zero-order valence-electron chi connectivity index (χ0n) is 27.6. The van der Waals surface area contributed by atoms with E-state index in [1.165, 1.54) is 32.0 Å². The number of hydrogen-bond acceptors (Lipinski definition) is 7. The summed E-state index contributed by atoms with van der Waals surface area (Å²) in [6, 6.07) is 11.5. The minimum absolute atomic E-state index is 0.250. The number of fused-ring (bicyclic) bond motifs is 5. The summed E-state index contributed by atoms with van der Waals surface area (Å²) in [7, 11) is -2.19. The van der Waals surface area contributed by atoms with Gasteiger partial charge in [0.1, 0.15) is 11.3 Å². The number of nitrogens with one attached hydrogen (secondary N) is 2. The minimum atomic E-state index is -3.82. The second-order valence-corrected chi connectivity index (χ2v) is 15.1. The third-order valence-electron chi connectivity index (χ3n) is 9.47. The van der Waals surface area contributed by atoms with Crippen molar-refractivity contribution in [3.63, 3.8) is 0 Å². The number of carbonyl (C=O) groups is 2. The molecule has 1 aliphatic carbocycles. The van der Waals surface area contributed by atoms with Gasteiger partial charge in [-0.25, -0.2) is 17.9 Å². The molecule has 0 spiro atoms. The van der Waals surface area contributed by atoms with Crippen LogP contribution >= 0.6 is 0 Å². The molecule has 1 fully saturated rings. The molecule has 0 radical (unpaired) electrons. The number of nitrogens with zero attached hydrogens (tertiary/aromatic N) is 2. The molecule has 2 aromatic carbocycles. The first-order valence-corrected chi connectivity index (χ1v) is 17.9. The van der Waals surface area contributed by atoms with Crippen molar-refractivity contribution >= 4 is 44.5 Å². The van der Waals surface area contributed by atoms with Crippen molar-refractivity contribution in [1.29, 1.82) is 0 Å². The number of rotatable bonds is 9. The van der Waals surface area contributed by atoms with Gasteiger partial charge in [-0.3, -0.25) is 9.89 Å². The average Bonchev–Trinajstić information content (AvgIpc) is 3.63. The number of hydrogen-bond donors (Lipinski definition) is 2. The summed E-state index contributed by atoms with van der Waals surface area (Å²) in [6.45, 7) is 7.24. The van der Waals surface area contributed by atoms with Crippen LogP contribution in [0.5, 0.6) is 5.75 Å². The number of H-pyrrole nitrogens is 1. The predicted octanol–water partition coefficient (Wildman–Crippen LogP) is 7.07. The van der Waals surface area contributed by atoms with Crippen LogP contribution in [0.3, 0.4) is 0 Å². The minimum Gasteiger partial charge on any atom is -0.497 e. The van der Waals surface area contributed by atoms with Crippen LogP contribution in [0.4, 0.5) is 0 Å². The van der Waals surface area contributed by atoms with Crippen LogP contribution < -0.4 is 9.46 Å². The Hall–Kier alpha value is -4.38. The first-order chi connectivity index (χ1) is 22.5. The van der Waals surface area contributed by atoms with E-state index in [1.807, 2.05) is 32.0 Å². The SMILES string of the molecule is CCC(C)OC(=O)c1cn[nH]c1C1=Cc2cc(OC)ccc2-c2c(C3CCCCC3)c3ccc(C(=O)NS(=O)(=O)C(C)C)cc3n2C1. The highest BCUT2D eigenvalue weighted by molar-refractivity contribution is 7.90. The van der Waals surface area contributed by atoms with Gasteiger partial charge in [0.15, 0.2) is 0 Å². The number of benzene rings is 2. The van der Waals surface area contributed by atoms with Gasteiger partial charge in [0, 0.05) is 22.0 Å². The van der Waals surface area contributed by atoms with Gasteiger partial charge >= 0.3 is 5.97 Å². The van der Waals surface area contributed by atoms with E-state index in [1.54, 1.807) is 19.2 Å². The van der Waals surface area contributed by atoms with Crippen molar-refractivity contribution in [2.45, 2.75) is 90.0 Å². The van der Waals surface area contributed by atoms with Crippen LogP contribution in [0.2, 0.25) is 0 Å². The Balaban J connectivity index is 1.58. The first-order valence-electron chi connectivity index (χ1n) is 16.4. The lowest BCUT2D eigenvalue weighted by Gasteiger charge is -2.24. The third kappa shape index (κ3) is 6.20. The van der Waals surface area contributed by atoms with E-state index < -0.39 is 27.1 Å². The molecule has 1 atom stereocenters. The smallest absolute Gasteiger partial charge is 0.342 e. The standard InChI is InChI=1S/C36H42N4O6S/c1-6-22(4)46-36(42)30-19-37-38-33(30)26-16-25-17-27(45-5)13-15-28(25)34-32(23-10-8-7-9-11-23)29-14-12-24(18-31(29)40(34)20-26)35(41)39-47(43,44)21(2)3/h12-19,21-23H,6-11,20H2,1-5H3,(H,37,38)(H,39,41). The monoisotopic (exact) mass is 658 g/mol. The second-order valence-electron chi connectivity index (χ2n) is 12.8. The second kappa shape index (κ2) is 13.0. The van der Waals surface area contributed by atoms with Gasteiger partial charge in [-0.15, -0.1) is 0 Å². The van der Waals surface area contributed by atoms with Crippen molar-refractivity contribution in [3.8, 4) is 17.0 Å². The summed E-state index contributed by atoms with van der Waals surface area (Å²) < 4.78 is 41.0. The van der Waals surface area contributed by atoms with Gasteiger partial charge in [0.25, 0.3) is 5.91 Å². The van der Waals surface area contributed by atoms with E-state index in [2.05, 4.69) is 31.6 Å². The van der Waals surface area contributed by atoms with Gasteiger partial charge in [-0.1, -0.05) is 32.3 Å². The Morgan fingerprint density at radius 2 is 1.85 bits per heavy atom. The Morgan fingerprint density at radius 1 is 1.09 bits per heavy atom. The zero-order valence-corrected chi connectivity index (χ0v) is 28.4. The molecule has 2 aliphatic rings. The van der Waals surface area contributed by atoms with Crippen LogP contribution in [0.15, 0.2) is 42.6 Å². The van der Waals surface area contributed by atoms with E-state index in [0.717, 1.165) is 59.0 Å². The van der Waals surface area contributed by atoms with Crippen molar-refractivity contribution in [2.75, 3.05) is 7.11 Å². The maximum atomic E-state index is 13.3. The highest BCUT2D eigenvalue weighted by Gasteiger charge is 2.31. The molecule has 11 heteroatoms. The number of amides is 1. The van der Waals surface area contributed by atoms with Gasteiger partial charge in [-0.2, -0.15) is 5.10 Å². The number of methoxy groups -OCH3 is 1. The number of allylic oxidation sites excluding steroid dienone is 1. The maximum absolute atomic E-state index is 13.3. The fourth-order valence-corrected chi connectivity index (χ4v) is 7.27. The number of esters is 1. The van der Waals surface area contributed by atoms with Crippen LogP contribution in [0.25, 0.3) is 33.8 Å². The molecule has 0 saturated heterocycles. The summed E-state index contributed by atoms with van der Waals surface area (Å²) in [5.74, 6) is -0.110. The molecule has 6 rings (SSSR count). The summed E-state index contributed by atoms with van der Waals surface area (Å²) in [4.78, 5) is 26.6. The molecule has 2 N–H and O–H groups in total. The molecular formula is C36H42N4O6S. The van der Waals surface area contributed by atoms with Gasteiger partial charge in [-0.05, 0) is 99.1 Å². The number of aromatic amines is 1. The molecule has 3 heterocycles. The molecule has 1 amide bonds. The summed E-state index contributed by atoms with van der Waals surface area (Å²) >= 11 is 0. The molecule has 4 aromatic rings. The number of carbonyl (C=O) groups excluding carboxylic acids is 2. The molecule has 1 aliphatic heterocycles. The van der Waals surface area contributed by atoms with Crippen molar-refractivity contribution in [1.82, 2.24) is 19.5 Å². The Morgan fingerprint density at radius 3 is 2.55 bits per heavy atom. The van der Waals surface area contributed by atoms with E-state index >= 15 is 0 Å². The molecule has 0 bridgehead atoms. The topological polar surface area (TPSA) is 132 Å². The fourth-order valence-electron chi connectivity index (χ4n) is 6.66. The van der Waals surface area contributed by atoms with Gasteiger partial charge < -0.3 is 14.0 Å². The van der Waals surface area contributed by atoms with E-state index in [9.17, 15) is 18.0 Å². The van der Waals surface area contributed by atoms with Crippen LogP contribution in [-0.2, 0) is 21.3 Å². The molecular weight excluding hydrogens is 616 g/mol. The highest BCUT2D eigenvalue weighted by atomic mass is 32.2. The number of ether oxygens (including phenoxy) is 2. The maximum Gasteiger partial charge on any atom is 0.342 e. The van der Waals surface area contributed by atoms with Crippen LogP contribution in [0, 0.1) is 0 Å². The van der Waals surface area contributed by atoms with E-state index in [4.69, 9.17) is 9.47 Å². The zero-order chi connectivity index (χ0) is 33.5. The van der Waals surface area contributed by atoms with E-state index in [-0.39, 0.29) is 11.7 Å². The summed E-state index contributed by atoms with van der Waals surface area (Å²) in [5.41, 5.74) is 6.97. The highest BCUT2D eigenvalue weighted by Crippen LogP contribution is 2.47.